The fraction of sp³-hybridized carbons (Fsp3) is 0.833. The Labute approximate surface area is 106 Å². The molecular formula is C12H20N2O4. The Morgan fingerprint density at radius 1 is 1.11 bits per heavy atom. The molecule has 1 heterocycles. The summed E-state index contributed by atoms with van der Waals surface area (Å²) in [6, 6.07) is -1.31. The average Bonchev–Trinajstić information content (AvgIpc) is 2.81. The van der Waals surface area contributed by atoms with Gasteiger partial charge in [0.2, 0.25) is 0 Å². The molecule has 0 aromatic carbocycles. The Morgan fingerprint density at radius 2 is 1.83 bits per heavy atom. The highest BCUT2D eigenvalue weighted by molar-refractivity contribution is 5.83. The summed E-state index contributed by atoms with van der Waals surface area (Å²) >= 11 is 0. The number of nitrogens with zero attached hydrogens (tertiary/aromatic N) is 1. The minimum Gasteiger partial charge on any atom is -0.480 e. The van der Waals surface area contributed by atoms with Crippen molar-refractivity contribution in [2.24, 2.45) is 0 Å². The van der Waals surface area contributed by atoms with Crippen LogP contribution in [0.15, 0.2) is 0 Å². The number of carbonyl (C=O) groups excluding carboxylic acids is 1. The predicted octanol–water partition coefficient (Wildman–Crippen LogP) is 0.548. The molecule has 2 amide bonds. The molecule has 1 aliphatic carbocycles. The van der Waals surface area contributed by atoms with E-state index in [2.05, 4.69) is 5.32 Å². The summed E-state index contributed by atoms with van der Waals surface area (Å²) < 4.78 is 0. The van der Waals surface area contributed by atoms with Crippen molar-refractivity contribution in [3.05, 3.63) is 0 Å². The van der Waals surface area contributed by atoms with Crippen LogP contribution >= 0.6 is 0 Å². The van der Waals surface area contributed by atoms with Gasteiger partial charge in [-0.2, -0.15) is 0 Å². The van der Waals surface area contributed by atoms with E-state index in [-0.39, 0.29) is 12.1 Å². The van der Waals surface area contributed by atoms with E-state index in [1.807, 2.05) is 0 Å². The topological polar surface area (TPSA) is 89.9 Å². The fourth-order valence-corrected chi connectivity index (χ4v) is 2.79. The van der Waals surface area contributed by atoms with Gasteiger partial charge in [-0.1, -0.05) is 12.8 Å². The van der Waals surface area contributed by atoms with E-state index in [9.17, 15) is 14.7 Å². The lowest BCUT2D eigenvalue weighted by atomic mass is 9.93. The maximum atomic E-state index is 12.0. The van der Waals surface area contributed by atoms with Crippen LogP contribution in [0.5, 0.6) is 0 Å². The average molecular weight is 256 g/mol. The zero-order chi connectivity index (χ0) is 13.1. The van der Waals surface area contributed by atoms with Crippen LogP contribution in [0.3, 0.4) is 0 Å². The van der Waals surface area contributed by atoms with Crippen LogP contribution in [0.1, 0.15) is 38.5 Å². The van der Waals surface area contributed by atoms with Crippen molar-refractivity contribution < 1.29 is 19.8 Å². The molecule has 0 spiro atoms. The molecule has 102 valence electrons. The van der Waals surface area contributed by atoms with Gasteiger partial charge >= 0.3 is 12.0 Å². The molecule has 2 aliphatic rings. The van der Waals surface area contributed by atoms with Crippen LogP contribution < -0.4 is 5.32 Å². The quantitative estimate of drug-likeness (QED) is 0.673. The molecule has 0 aromatic heterocycles. The van der Waals surface area contributed by atoms with E-state index in [1.165, 1.54) is 4.90 Å². The molecule has 0 radical (unpaired) electrons. The fourth-order valence-electron chi connectivity index (χ4n) is 2.79. The minimum atomic E-state index is -0.952. The number of likely N-dealkylation sites (tertiary alicyclic amines) is 1. The van der Waals surface area contributed by atoms with Gasteiger partial charge in [0, 0.05) is 6.54 Å². The SMILES string of the molecule is O=C(O)[C@H]1CCCN1C(=O)NC1CCCCC1O. The van der Waals surface area contributed by atoms with Crippen LogP contribution in [0.2, 0.25) is 0 Å². The molecule has 0 aromatic rings. The third-order valence-corrected chi connectivity index (χ3v) is 3.84. The van der Waals surface area contributed by atoms with E-state index >= 15 is 0 Å². The number of aliphatic hydroxyl groups is 1. The van der Waals surface area contributed by atoms with E-state index < -0.39 is 18.1 Å². The summed E-state index contributed by atoms with van der Waals surface area (Å²) in [5.41, 5.74) is 0. The molecule has 2 fully saturated rings. The summed E-state index contributed by atoms with van der Waals surface area (Å²) in [6.07, 6.45) is 4.16. The number of carbonyl (C=O) groups is 2. The Morgan fingerprint density at radius 3 is 2.50 bits per heavy atom. The van der Waals surface area contributed by atoms with Crippen molar-refractivity contribution in [3.8, 4) is 0 Å². The smallest absolute Gasteiger partial charge is 0.326 e. The molecule has 3 N–H and O–H groups in total. The highest BCUT2D eigenvalue weighted by Gasteiger charge is 2.35. The molecule has 3 atom stereocenters. The Kier molecular flexibility index (Phi) is 4.06. The molecule has 0 bridgehead atoms. The number of hydrogen-bond donors (Lipinski definition) is 3. The highest BCUT2D eigenvalue weighted by Crippen LogP contribution is 2.21. The number of aliphatic carboxylic acids is 1. The number of carboxylic acid groups (broad SMARTS) is 1. The second-order valence-corrected chi connectivity index (χ2v) is 5.10. The first-order chi connectivity index (χ1) is 8.59. The maximum absolute atomic E-state index is 12.0. The van der Waals surface area contributed by atoms with Crippen LogP contribution in [0.25, 0.3) is 0 Å². The summed E-state index contributed by atoms with van der Waals surface area (Å²) in [5.74, 6) is -0.952. The number of amides is 2. The number of hydrogen-bond acceptors (Lipinski definition) is 3. The number of carboxylic acids is 1. The third kappa shape index (κ3) is 2.75. The second kappa shape index (κ2) is 5.56. The lowest BCUT2D eigenvalue weighted by Crippen LogP contribution is -2.52. The molecule has 1 aliphatic heterocycles. The Balaban J connectivity index is 1.92. The van der Waals surface area contributed by atoms with E-state index in [1.54, 1.807) is 0 Å². The number of urea groups is 1. The summed E-state index contributed by atoms with van der Waals surface area (Å²) in [4.78, 5) is 24.4. The van der Waals surface area contributed by atoms with Gasteiger partial charge in [0.1, 0.15) is 6.04 Å². The standard InChI is InChI=1S/C12H20N2O4/c15-10-6-2-1-4-8(10)13-12(18)14-7-3-5-9(14)11(16)17/h8-10,15H,1-7H2,(H,13,18)(H,16,17)/t8?,9-,10?/m1/s1. The third-order valence-electron chi connectivity index (χ3n) is 3.84. The Bertz CT molecular complexity index is 334. The van der Waals surface area contributed by atoms with Crippen molar-refractivity contribution in [1.29, 1.82) is 0 Å². The monoisotopic (exact) mass is 256 g/mol. The molecule has 2 unspecified atom stereocenters. The molecule has 1 saturated heterocycles. The van der Waals surface area contributed by atoms with E-state index in [0.29, 0.717) is 19.4 Å². The van der Waals surface area contributed by atoms with Crippen molar-refractivity contribution >= 4 is 12.0 Å². The van der Waals surface area contributed by atoms with Crippen molar-refractivity contribution in [3.63, 3.8) is 0 Å². The zero-order valence-electron chi connectivity index (χ0n) is 10.3. The van der Waals surface area contributed by atoms with Crippen LogP contribution in [-0.2, 0) is 4.79 Å². The molecule has 2 rings (SSSR count). The van der Waals surface area contributed by atoms with Gasteiger partial charge in [-0.3, -0.25) is 0 Å². The number of rotatable bonds is 2. The predicted molar refractivity (Wildman–Crippen MR) is 64.2 cm³/mol. The van der Waals surface area contributed by atoms with Crippen LogP contribution in [-0.4, -0.2) is 51.8 Å². The summed E-state index contributed by atoms with van der Waals surface area (Å²) in [7, 11) is 0. The normalized spacial score (nSPS) is 32.3. The van der Waals surface area contributed by atoms with Gasteiger partial charge in [0.25, 0.3) is 0 Å². The van der Waals surface area contributed by atoms with Gasteiger partial charge in [0.15, 0.2) is 0 Å². The minimum absolute atomic E-state index is 0.235. The van der Waals surface area contributed by atoms with Gasteiger partial charge < -0.3 is 20.4 Å². The first kappa shape index (κ1) is 13.1. The summed E-state index contributed by atoms with van der Waals surface area (Å²) in [5, 5.41) is 21.6. The lowest BCUT2D eigenvalue weighted by molar-refractivity contribution is -0.141. The van der Waals surface area contributed by atoms with Gasteiger partial charge in [-0.05, 0) is 25.7 Å². The molecule has 6 nitrogen and oxygen atoms in total. The lowest BCUT2D eigenvalue weighted by Gasteiger charge is -2.31. The summed E-state index contributed by atoms with van der Waals surface area (Å²) in [6.45, 7) is 0.478. The first-order valence-corrected chi connectivity index (χ1v) is 6.57. The molecular weight excluding hydrogens is 236 g/mol. The molecule has 18 heavy (non-hydrogen) atoms. The van der Waals surface area contributed by atoms with Gasteiger partial charge in [-0.25, -0.2) is 9.59 Å². The number of nitrogens with one attached hydrogen (secondary N) is 1. The van der Waals surface area contributed by atoms with Crippen molar-refractivity contribution in [2.75, 3.05) is 6.54 Å². The molecule has 1 saturated carbocycles. The largest absolute Gasteiger partial charge is 0.480 e. The van der Waals surface area contributed by atoms with E-state index in [4.69, 9.17) is 5.11 Å². The second-order valence-electron chi connectivity index (χ2n) is 5.10. The van der Waals surface area contributed by atoms with E-state index in [0.717, 1.165) is 25.7 Å². The maximum Gasteiger partial charge on any atom is 0.326 e. The highest BCUT2D eigenvalue weighted by atomic mass is 16.4. The van der Waals surface area contributed by atoms with Gasteiger partial charge in [0.05, 0.1) is 12.1 Å². The zero-order valence-corrected chi connectivity index (χ0v) is 10.3. The molecule has 6 heteroatoms. The van der Waals surface area contributed by atoms with Crippen LogP contribution in [0.4, 0.5) is 4.79 Å². The number of aliphatic hydroxyl groups excluding tert-OH is 1. The van der Waals surface area contributed by atoms with Crippen molar-refractivity contribution in [2.45, 2.75) is 56.7 Å². The first-order valence-electron chi connectivity index (χ1n) is 6.57. The van der Waals surface area contributed by atoms with Gasteiger partial charge in [-0.15, -0.1) is 0 Å². The van der Waals surface area contributed by atoms with Crippen molar-refractivity contribution in [1.82, 2.24) is 10.2 Å². The Hall–Kier alpha value is -1.30. The van der Waals surface area contributed by atoms with Crippen LogP contribution in [0, 0.1) is 0 Å².